The lowest BCUT2D eigenvalue weighted by atomic mass is 10.1. The zero-order valence-corrected chi connectivity index (χ0v) is 15.0. The number of thioether (sulfide) groups is 2. The van der Waals surface area contributed by atoms with E-state index in [9.17, 15) is 9.59 Å². The van der Waals surface area contributed by atoms with Crippen LogP contribution in [0.4, 0.5) is 5.69 Å². The molecule has 0 atom stereocenters. The van der Waals surface area contributed by atoms with Crippen LogP contribution in [0.2, 0.25) is 0 Å². The molecule has 0 aliphatic heterocycles. The van der Waals surface area contributed by atoms with Gasteiger partial charge in [-0.2, -0.15) is 0 Å². The van der Waals surface area contributed by atoms with E-state index in [1.54, 1.807) is 12.1 Å². The second-order valence-electron chi connectivity index (χ2n) is 5.12. The largest absolute Gasteiger partial charge is 0.325 e. The normalized spacial score (nSPS) is 10.4. The van der Waals surface area contributed by atoms with E-state index in [2.05, 4.69) is 11.4 Å². The van der Waals surface area contributed by atoms with Crippen LogP contribution in [0.5, 0.6) is 0 Å². The van der Waals surface area contributed by atoms with Crippen molar-refractivity contribution in [2.24, 2.45) is 0 Å². The smallest absolute Gasteiger partial charge is 0.221 e. The molecule has 0 aromatic heterocycles. The highest BCUT2D eigenvalue weighted by molar-refractivity contribution is 8.00. The third-order valence-corrected chi connectivity index (χ3v) is 4.97. The second-order valence-corrected chi connectivity index (χ2v) is 7.02. The van der Waals surface area contributed by atoms with Gasteiger partial charge in [0.15, 0.2) is 5.78 Å². The lowest BCUT2D eigenvalue weighted by Gasteiger charge is -2.10. The van der Waals surface area contributed by atoms with E-state index in [0.29, 0.717) is 11.3 Å². The summed E-state index contributed by atoms with van der Waals surface area (Å²) in [6, 6.07) is 13.5. The van der Waals surface area contributed by atoms with Gasteiger partial charge < -0.3 is 5.32 Å². The van der Waals surface area contributed by atoms with Gasteiger partial charge in [-0.3, -0.25) is 9.59 Å². The summed E-state index contributed by atoms with van der Waals surface area (Å²) in [7, 11) is 0. The molecule has 0 aliphatic carbocycles. The molecule has 2 aromatic carbocycles. The minimum atomic E-state index is -0.116. The van der Waals surface area contributed by atoms with Crippen LogP contribution in [0.3, 0.4) is 0 Å². The second kappa shape index (κ2) is 8.22. The van der Waals surface area contributed by atoms with Gasteiger partial charge in [-0.25, -0.2) is 0 Å². The van der Waals surface area contributed by atoms with Crippen LogP contribution in [-0.4, -0.2) is 23.7 Å². The first-order valence-electron chi connectivity index (χ1n) is 7.18. The maximum atomic E-state index is 12.4. The van der Waals surface area contributed by atoms with Gasteiger partial charge in [0.05, 0.1) is 11.4 Å². The van der Waals surface area contributed by atoms with Gasteiger partial charge in [0, 0.05) is 22.3 Å². The number of rotatable bonds is 6. The molecule has 1 amide bonds. The zero-order valence-electron chi connectivity index (χ0n) is 13.4. The first kappa shape index (κ1) is 17.6. The molecule has 2 rings (SSSR count). The van der Waals surface area contributed by atoms with Crippen molar-refractivity contribution in [2.75, 3.05) is 17.3 Å². The predicted octanol–water partition coefficient (Wildman–Crippen LogP) is 4.65. The van der Waals surface area contributed by atoms with E-state index in [0.717, 1.165) is 15.5 Å². The fraction of sp³-hybridized carbons (Fsp3) is 0.222. The van der Waals surface area contributed by atoms with Crippen molar-refractivity contribution in [3.63, 3.8) is 0 Å². The molecular weight excluding hydrogens is 326 g/mol. The van der Waals surface area contributed by atoms with E-state index < -0.39 is 0 Å². The van der Waals surface area contributed by atoms with Gasteiger partial charge in [-0.1, -0.05) is 17.7 Å². The van der Waals surface area contributed by atoms with Crippen molar-refractivity contribution in [1.82, 2.24) is 0 Å². The van der Waals surface area contributed by atoms with Crippen molar-refractivity contribution < 1.29 is 9.59 Å². The molecule has 0 spiro atoms. The standard InChI is InChI=1S/C18H19NO2S2/c1-12-5-4-6-15(9-12)23-11-17(21)14-7-8-16(19-13(2)20)18(10-14)22-3/h4-10H,11H2,1-3H3,(H,19,20). The van der Waals surface area contributed by atoms with Gasteiger partial charge in [0.2, 0.25) is 5.91 Å². The lowest BCUT2D eigenvalue weighted by molar-refractivity contribution is -0.114. The van der Waals surface area contributed by atoms with Crippen LogP contribution in [0.1, 0.15) is 22.8 Å². The first-order chi connectivity index (χ1) is 11.0. The van der Waals surface area contributed by atoms with E-state index in [1.165, 1.54) is 36.0 Å². The summed E-state index contributed by atoms with van der Waals surface area (Å²) in [4.78, 5) is 25.6. The number of carbonyl (C=O) groups excluding carboxylic acids is 2. The van der Waals surface area contributed by atoms with Gasteiger partial charge in [0.1, 0.15) is 0 Å². The van der Waals surface area contributed by atoms with Crippen LogP contribution in [-0.2, 0) is 4.79 Å². The molecule has 23 heavy (non-hydrogen) atoms. The number of nitrogens with one attached hydrogen (secondary N) is 1. The Balaban J connectivity index is 2.08. The quantitative estimate of drug-likeness (QED) is 0.611. The molecule has 2 aromatic rings. The summed E-state index contributed by atoms with van der Waals surface area (Å²) >= 11 is 3.05. The Morgan fingerprint density at radius 3 is 2.57 bits per heavy atom. The van der Waals surface area contributed by atoms with Crippen LogP contribution < -0.4 is 5.32 Å². The lowest BCUT2D eigenvalue weighted by Crippen LogP contribution is -2.08. The van der Waals surface area contributed by atoms with E-state index in [-0.39, 0.29) is 11.7 Å². The summed E-state index contributed by atoms with van der Waals surface area (Å²) < 4.78 is 0. The van der Waals surface area contributed by atoms with Crippen molar-refractivity contribution >= 4 is 40.9 Å². The summed E-state index contributed by atoms with van der Waals surface area (Å²) in [5.74, 6) is 0.368. The minimum Gasteiger partial charge on any atom is -0.325 e. The fourth-order valence-corrected chi connectivity index (χ4v) is 3.59. The molecular formula is C18H19NO2S2. The molecule has 120 valence electrons. The number of aryl methyl sites for hydroxylation is 1. The first-order valence-corrected chi connectivity index (χ1v) is 9.39. The van der Waals surface area contributed by atoms with Gasteiger partial charge in [-0.15, -0.1) is 23.5 Å². The molecule has 0 radical (unpaired) electrons. The summed E-state index contributed by atoms with van der Waals surface area (Å²) in [6.07, 6.45) is 1.93. The third kappa shape index (κ3) is 5.15. The van der Waals surface area contributed by atoms with Crippen LogP contribution in [0.15, 0.2) is 52.3 Å². The van der Waals surface area contributed by atoms with Crippen molar-refractivity contribution in [2.45, 2.75) is 23.6 Å². The Morgan fingerprint density at radius 2 is 1.91 bits per heavy atom. The Labute approximate surface area is 145 Å². The molecule has 0 heterocycles. The van der Waals surface area contributed by atoms with Crippen LogP contribution in [0.25, 0.3) is 0 Å². The van der Waals surface area contributed by atoms with Gasteiger partial charge >= 0.3 is 0 Å². The number of anilines is 1. The van der Waals surface area contributed by atoms with Crippen molar-refractivity contribution in [3.8, 4) is 0 Å². The molecule has 0 saturated carbocycles. The zero-order chi connectivity index (χ0) is 16.8. The summed E-state index contributed by atoms with van der Waals surface area (Å²) in [5.41, 5.74) is 2.60. The fourth-order valence-electron chi connectivity index (χ4n) is 2.09. The number of hydrogen-bond acceptors (Lipinski definition) is 4. The number of hydrogen-bond donors (Lipinski definition) is 1. The maximum Gasteiger partial charge on any atom is 0.221 e. The molecule has 5 heteroatoms. The number of ketones is 1. The number of Topliss-reactive ketones (excluding diaryl/α,β-unsaturated/α-hetero) is 1. The molecule has 0 aliphatic rings. The Kier molecular flexibility index (Phi) is 6.30. The molecule has 0 unspecified atom stereocenters. The Bertz CT molecular complexity index is 729. The number of benzene rings is 2. The maximum absolute atomic E-state index is 12.4. The third-order valence-electron chi connectivity index (χ3n) is 3.19. The summed E-state index contributed by atoms with van der Waals surface area (Å²) in [5, 5.41) is 2.78. The monoisotopic (exact) mass is 345 g/mol. The average Bonchev–Trinajstić information content (AvgIpc) is 2.52. The van der Waals surface area contributed by atoms with E-state index in [4.69, 9.17) is 0 Å². The van der Waals surface area contributed by atoms with Crippen molar-refractivity contribution in [1.29, 1.82) is 0 Å². The van der Waals surface area contributed by atoms with Gasteiger partial charge in [-0.05, 0) is 43.5 Å². The van der Waals surface area contributed by atoms with Crippen molar-refractivity contribution in [3.05, 3.63) is 53.6 Å². The summed E-state index contributed by atoms with van der Waals surface area (Å²) in [6.45, 7) is 3.51. The van der Waals surface area contributed by atoms with Crippen LogP contribution >= 0.6 is 23.5 Å². The minimum absolute atomic E-state index is 0.0844. The average molecular weight is 345 g/mol. The molecule has 0 bridgehead atoms. The molecule has 0 saturated heterocycles. The molecule has 3 nitrogen and oxygen atoms in total. The van der Waals surface area contributed by atoms with Crippen LogP contribution in [0, 0.1) is 6.92 Å². The van der Waals surface area contributed by atoms with Gasteiger partial charge in [0.25, 0.3) is 0 Å². The number of carbonyl (C=O) groups is 2. The molecule has 1 N–H and O–H groups in total. The van der Waals surface area contributed by atoms with E-state index >= 15 is 0 Å². The highest BCUT2D eigenvalue weighted by Crippen LogP contribution is 2.28. The highest BCUT2D eigenvalue weighted by atomic mass is 32.2. The topological polar surface area (TPSA) is 46.2 Å². The highest BCUT2D eigenvalue weighted by Gasteiger charge is 2.11. The predicted molar refractivity (Wildman–Crippen MR) is 98.8 cm³/mol. The Morgan fingerprint density at radius 1 is 1.13 bits per heavy atom. The Hall–Kier alpha value is -1.72. The number of amides is 1. The SMILES string of the molecule is CSc1cc(C(=O)CSc2cccc(C)c2)ccc1NC(C)=O. The molecule has 0 fully saturated rings. The van der Waals surface area contributed by atoms with E-state index in [1.807, 2.05) is 37.4 Å².